The fraction of sp³-hybridized carbons (Fsp3) is 0.727. The summed E-state index contributed by atoms with van der Waals surface area (Å²) < 4.78 is 25.7. The summed E-state index contributed by atoms with van der Waals surface area (Å²) in [4.78, 5) is 0. The molecular formula is C22H36B2O4. The number of rotatable bonds is 5. The van der Waals surface area contributed by atoms with Crippen molar-refractivity contribution in [1.29, 1.82) is 0 Å². The topological polar surface area (TPSA) is 36.9 Å². The second kappa shape index (κ2) is 7.16. The number of benzene rings is 1. The highest BCUT2D eigenvalue weighted by molar-refractivity contribution is 6.68. The molecule has 1 aromatic rings. The molecule has 0 N–H and O–H groups in total. The third-order valence-corrected chi connectivity index (χ3v) is 7.24. The maximum absolute atomic E-state index is 6.43. The fourth-order valence-corrected chi connectivity index (χ4v) is 3.80. The lowest BCUT2D eigenvalue weighted by Crippen LogP contribution is -2.41. The standard InChI is InChI=1S/C22H36B2O4/c1-16(17-13-11-10-12-14-17)15-18(23-25-19(2,3)20(4,5)26-23)24-27-21(6,7)22(8,9)28-24/h10-14,16,18H,15H2,1-9H3. The molecule has 1 atom stereocenters. The van der Waals surface area contributed by atoms with E-state index in [-0.39, 0.29) is 42.4 Å². The van der Waals surface area contributed by atoms with Crippen molar-refractivity contribution in [2.75, 3.05) is 0 Å². The molecule has 1 unspecified atom stereocenters. The van der Waals surface area contributed by atoms with Crippen molar-refractivity contribution >= 4 is 14.2 Å². The van der Waals surface area contributed by atoms with Crippen LogP contribution < -0.4 is 0 Å². The van der Waals surface area contributed by atoms with Crippen LogP contribution in [0, 0.1) is 0 Å². The molecule has 2 saturated heterocycles. The van der Waals surface area contributed by atoms with Gasteiger partial charge in [0.25, 0.3) is 0 Å². The zero-order valence-electron chi connectivity index (χ0n) is 19.0. The molecule has 1 aromatic carbocycles. The van der Waals surface area contributed by atoms with E-state index < -0.39 is 0 Å². The first-order chi connectivity index (χ1) is 12.8. The van der Waals surface area contributed by atoms with Gasteiger partial charge in [-0.1, -0.05) is 37.3 Å². The highest BCUT2D eigenvalue weighted by Crippen LogP contribution is 2.47. The van der Waals surface area contributed by atoms with E-state index in [1.807, 2.05) is 0 Å². The van der Waals surface area contributed by atoms with Crippen molar-refractivity contribution in [3.05, 3.63) is 35.9 Å². The van der Waals surface area contributed by atoms with Gasteiger partial charge in [0.05, 0.1) is 22.4 Å². The lowest BCUT2D eigenvalue weighted by Gasteiger charge is -2.32. The third kappa shape index (κ3) is 3.94. The maximum Gasteiger partial charge on any atom is 0.458 e. The van der Waals surface area contributed by atoms with Gasteiger partial charge in [-0.2, -0.15) is 0 Å². The Hall–Kier alpha value is -0.810. The van der Waals surface area contributed by atoms with Gasteiger partial charge in [-0.05, 0) is 73.3 Å². The van der Waals surface area contributed by atoms with Crippen LogP contribution in [-0.4, -0.2) is 36.6 Å². The van der Waals surface area contributed by atoms with E-state index in [0.717, 1.165) is 6.42 Å². The van der Waals surface area contributed by atoms with Gasteiger partial charge >= 0.3 is 14.2 Å². The second-order valence-corrected chi connectivity index (χ2v) is 10.5. The Morgan fingerprint density at radius 1 is 0.679 bits per heavy atom. The van der Waals surface area contributed by atoms with Crippen LogP contribution in [0.4, 0.5) is 0 Å². The first-order valence-electron chi connectivity index (χ1n) is 10.5. The Morgan fingerprint density at radius 3 is 1.39 bits per heavy atom. The Kier molecular flexibility index (Phi) is 5.59. The van der Waals surface area contributed by atoms with Gasteiger partial charge in [0.15, 0.2) is 0 Å². The van der Waals surface area contributed by atoms with Crippen molar-refractivity contribution in [2.24, 2.45) is 0 Å². The zero-order chi connectivity index (χ0) is 21.0. The first-order valence-corrected chi connectivity index (χ1v) is 10.5. The minimum atomic E-state index is -0.379. The monoisotopic (exact) mass is 386 g/mol. The summed E-state index contributed by atoms with van der Waals surface area (Å²) >= 11 is 0. The normalized spacial score (nSPS) is 26.1. The average Bonchev–Trinajstić information content (AvgIpc) is 2.92. The molecule has 3 rings (SSSR count). The molecule has 2 heterocycles. The van der Waals surface area contributed by atoms with Gasteiger partial charge in [-0.25, -0.2) is 0 Å². The van der Waals surface area contributed by atoms with Crippen molar-refractivity contribution in [2.45, 2.75) is 103 Å². The SMILES string of the molecule is CC(CC(B1OC(C)(C)C(C)(C)O1)B1OC(C)(C)C(C)(C)O1)c1ccccc1. The van der Waals surface area contributed by atoms with Gasteiger partial charge in [0.2, 0.25) is 0 Å². The van der Waals surface area contributed by atoms with E-state index in [9.17, 15) is 0 Å². The quantitative estimate of drug-likeness (QED) is 0.646. The minimum Gasteiger partial charge on any atom is -0.403 e. The van der Waals surface area contributed by atoms with Crippen molar-refractivity contribution < 1.29 is 18.6 Å². The van der Waals surface area contributed by atoms with Crippen LogP contribution in [0.15, 0.2) is 30.3 Å². The molecule has 2 aliphatic rings. The lowest BCUT2D eigenvalue weighted by atomic mass is 9.49. The van der Waals surface area contributed by atoms with E-state index in [0.29, 0.717) is 5.92 Å². The molecule has 2 aliphatic heterocycles. The summed E-state index contributed by atoms with van der Waals surface area (Å²) in [6.07, 6.45) is 0.859. The maximum atomic E-state index is 6.43. The largest absolute Gasteiger partial charge is 0.458 e. The first kappa shape index (κ1) is 21.9. The molecule has 0 amide bonds. The number of hydrogen-bond acceptors (Lipinski definition) is 4. The molecule has 154 valence electrons. The molecule has 0 aromatic heterocycles. The molecule has 4 nitrogen and oxygen atoms in total. The Labute approximate surface area is 171 Å². The van der Waals surface area contributed by atoms with E-state index in [4.69, 9.17) is 18.6 Å². The summed E-state index contributed by atoms with van der Waals surface area (Å²) in [5.74, 6) is 0.337. The second-order valence-electron chi connectivity index (χ2n) is 10.5. The highest BCUT2D eigenvalue weighted by atomic mass is 16.7. The Balaban J connectivity index is 1.87. The highest BCUT2D eigenvalue weighted by Gasteiger charge is 2.61. The van der Waals surface area contributed by atoms with Crippen molar-refractivity contribution in [3.8, 4) is 0 Å². The minimum absolute atomic E-state index is 0.0303. The van der Waals surface area contributed by atoms with Crippen molar-refractivity contribution in [1.82, 2.24) is 0 Å². The van der Waals surface area contributed by atoms with Gasteiger partial charge in [0.1, 0.15) is 0 Å². The summed E-state index contributed by atoms with van der Waals surface area (Å²) in [6.45, 7) is 19.0. The fourth-order valence-electron chi connectivity index (χ4n) is 3.80. The molecule has 2 fully saturated rings. The van der Waals surface area contributed by atoms with E-state index in [2.05, 4.69) is 92.6 Å². The van der Waals surface area contributed by atoms with Crippen LogP contribution in [-0.2, 0) is 18.6 Å². The lowest BCUT2D eigenvalue weighted by molar-refractivity contribution is 0.00578. The van der Waals surface area contributed by atoms with Gasteiger partial charge in [0, 0.05) is 5.72 Å². The smallest absolute Gasteiger partial charge is 0.403 e. The van der Waals surface area contributed by atoms with Crippen LogP contribution in [0.5, 0.6) is 0 Å². The van der Waals surface area contributed by atoms with Crippen LogP contribution in [0.2, 0.25) is 5.72 Å². The summed E-state index contributed by atoms with van der Waals surface area (Å²) in [6, 6.07) is 10.6. The molecule has 0 aliphatic carbocycles. The predicted octanol–water partition coefficient (Wildman–Crippen LogP) is 5.27. The molecule has 28 heavy (non-hydrogen) atoms. The third-order valence-electron chi connectivity index (χ3n) is 7.24. The van der Waals surface area contributed by atoms with Gasteiger partial charge in [-0.15, -0.1) is 0 Å². The van der Waals surface area contributed by atoms with Crippen LogP contribution in [0.3, 0.4) is 0 Å². The summed E-state index contributed by atoms with van der Waals surface area (Å²) in [5, 5.41) is 0. The summed E-state index contributed by atoms with van der Waals surface area (Å²) in [5.41, 5.74) is -0.242. The van der Waals surface area contributed by atoms with Crippen LogP contribution in [0.1, 0.15) is 80.2 Å². The zero-order valence-corrected chi connectivity index (χ0v) is 19.0. The van der Waals surface area contributed by atoms with E-state index in [1.165, 1.54) is 5.56 Å². The average molecular weight is 386 g/mol. The Bertz CT molecular complexity index is 619. The number of hydrogen-bond donors (Lipinski definition) is 0. The molecule has 0 radical (unpaired) electrons. The molecule has 6 heteroatoms. The van der Waals surface area contributed by atoms with E-state index in [1.54, 1.807) is 0 Å². The van der Waals surface area contributed by atoms with E-state index >= 15 is 0 Å². The summed E-state index contributed by atoms with van der Waals surface area (Å²) in [7, 11) is -0.739. The molecular weight excluding hydrogens is 350 g/mol. The van der Waals surface area contributed by atoms with Crippen LogP contribution >= 0.6 is 0 Å². The van der Waals surface area contributed by atoms with Crippen LogP contribution in [0.25, 0.3) is 0 Å². The van der Waals surface area contributed by atoms with Gasteiger partial charge < -0.3 is 18.6 Å². The molecule has 0 spiro atoms. The van der Waals surface area contributed by atoms with Crippen molar-refractivity contribution in [3.63, 3.8) is 0 Å². The molecule has 0 saturated carbocycles. The molecule has 0 bridgehead atoms. The van der Waals surface area contributed by atoms with Gasteiger partial charge in [-0.3, -0.25) is 0 Å². The Morgan fingerprint density at radius 2 is 1.04 bits per heavy atom. The predicted molar refractivity (Wildman–Crippen MR) is 115 cm³/mol.